The topological polar surface area (TPSA) is 111 Å². The molecular formula is C24H28N2O6S. The van der Waals surface area contributed by atoms with Crippen LogP contribution in [0.1, 0.15) is 47.4 Å². The third-order valence-corrected chi connectivity index (χ3v) is 5.29. The van der Waals surface area contributed by atoms with Gasteiger partial charge in [0.2, 0.25) is 11.8 Å². The Kier molecular flexibility index (Phi) is 11.0. The van der Waals surface area contributed by atoms with Crippen molar-refractivity contribution in [1.29, 1.82) is 0 Å². The smallest absolute Gasteiger partial charge is 0.338 e. The second-order valence-electron chi connectivity index (χ2n) is 6.80. The van der Waals surface area contributed by atoms with E-state index in [4.69, 9.17) is 9.47 Å². The lowest BCUT2D eigenvalue weighted by Crippen LogP contribution is -2.14. The van der Waals surface area contributed by atoms with Gasteiger partial charge in [-0.1, -0.05) is 0 Å². The maximum absolute atomic E-state index is 12.1. The van der Waals surface area contributed by atoms with Crippen LogP contribution in [0.15, 0.2) is 48.5 Å². The molecule has 0 spiro atoms. The summed E-state index contributed by atoms with van der Waals surface area (Å²) in [6.07, 6.45) is 0.614. The minimum absolute atomic E-state index is 0.141. The van der Waals surface area contributed by atoms with E-state index in [1.165, 1.54) is 11.8 Å². The van der Waals surface area contributed by atoms with E-state index >= 15 is 0 Å². The minimum Gasteiger partial charge on any atom is -0.462 e. The van der Waals surface area contributed by atoms with Crippen LogP contribution < -0.4 is 10.6 Å². The Hall–Kier alpha value is -3.33. The third-order valence-electron chi connectivity index (χ3n) is 4.31. The molecule has 0 radical (unpaired) electrons. The highest BCUT2D eigenvalue weighted by Crippen LogP contribution is 2.14. The van der Waals surface area contributed by atoms with Gasteiger partial charge < -0.3 is 20.1 Å². The van der Waals surface area contributed by atoms with Gasteiger partial charge in [0.1, 0.15) is 0 Å². The molecule has 0 aliphatic rings. The van der Waals surface area contributed by atoms with Gasteiger partial charge in [-0.05, 0) is 62.4 Å². The summed E-state index contributed by atoms with van der Waals surface area (Å²) >= 11 is 1.51. The first kappa shape index (κ1) is 25.9. The van der Waals surface area contributed by atoms with Gasteiger partial charge in [0, 0.05) is 35.7 Å². The van der Waals surface area contributed by atoms with Crippen molar-refractivity contribution in [1.82, 2.24) is 0 Å². The molecule has 2 rings (SSSR count). The number of benzene rings is 2. The second kappa shape index (κ2) is 13.9. The number of anilines is 2. The van der Waals surface area contributed by atoms with Gasteiger partial charge >= 0.3 is 11.9 Å². The maximum Gasteiger partial charge on any atom is 0.338 e. The number of carbonyl (C=O) groups excluding carboxylic acids is 4. The van der Waals surface area contributed by atoms with E-state index in [9.17, 15) is 19.2 Å². The molecule has 0 aliphatic carbocycles. The van der Waals surface area contributed by atoms with Crippen LogP contribution in [0.4, 0.5) is 11.4 Å². The van der Waals surface area contributed by atoms with Crippen molar-refractivity contribution in [3.63, 3.8) is 0 Å². The molecular weight excluding hydrogens is 444 g/mol. The standard InChI is InChI=1S/C24H28N2O6S/c1-3-31-23(29)17-5-9-19(10-6-17)25-21(27)13-15-33-16-14-22(28)26-20-11-7-18(8-12-20)24(30)32-4-2/h5-12H,3-4,13-16H2,1-2H3,(H,25,27)(H,26,28). The van der Waals surface area contributed by atoms with Crippen molar-refractivity contribution in [2.45, 2.75) is 26.7 Å². The molecule has 8 nitrogen and oxygen atoms in total. The van der Waals surface area contributed by atoms with E-state index in [0.717, 1.165) is 0 Å². The van der Waals surface area contributed by atoms with Gasteiger partial charge in [-0.25, -0.2) is 9.59 Å². The summed E-state index contributed by atoms with van der Waals surface area (Å²) in [6, 6.07) is 13.0. The van der Waals surface area contributed by atoms with Gasteiger partial charge in [-0.15, -0.1) is 0 Å². The van der Waals surface area contributed by atoms with Crippen LogP contribution >= 0.6 is 11.8 Å². The van der Waals surface area contributed by atoms with E-state index in [1.54, 1.807) is 62.4 Å². The Labute approximate surface area is 197 Å². The van der Waals surface area contributed by atoms with E-state index in [0.29, 0.717) is 60.1 Å². The van der Waals surface area contributed by atoms with Gasteiger partial charge in [0.25, 0.3) is 0 Å². The molecule has 2 aromatic carbocycles. The highest BCUT2D eigenvalue weighted by atomic mass is 32.2. The van der Waals surface area contributed by atoms with Gasteiger partial charge in [-0.2, -0.15) is 11.8 Å². The van der Waals surface area contributed by atoms with Crippen molar-refractivity contribution in [3.05, 3.63) is 59.7 Å². The molecule has 2 N–H and O–H groups in total. The number of ether oxygens (including phenoxy) is 2. The lowest BCUT2D eigenvalue weighted by molar-refractivity contribution is -0.116. The number of carbonyl (C=O) groups is 4. The molecule has 176 valence electrons. The largest absolute Gasteiger partial charge is 0.462 e. The number of hydrogen-bond donors (Lipinski definition) is 2. The fraction of sp³-hybridized carbons (Fsp3) is 0.333. The molecule has 0 heterocycles. The number of thioether (sulfide) groups is 1. The quantitative estimate of drug-likeness (QED) is 0.353. The van der Waals surface area contributed by atoms with Crippen molar-refractivity contribution in [2.24, 2.45) is 0 Å². The summed E-state index contributed by atoms with van der Waals surface area (Å²) in [4.78, 5) is 47.4. The van der Waals surface area contributed by atoms with Crippen LogP contribution in [0, 0.1) is 0 Å². The van der Waals surface area contributed by atoms with Crippen LogP contribution in [0.3, 0.4) is 0 Å². The zero-order chi connectivity index (χ0) is 24.1. The van der Waals surface area contributed by atoms with E-state index in [-0.39, 0.29) is 11.8 Å². The SMILES string of the molecule is CCOC(=O)c1ccc(NC(=O)CCSCCC(=O)Nc2ccc(C(=O)OCC)cc2)cc1. The van der Waals surface area contributed by atoms with Gasteiger partial charge in [0.05, 0.1) is 24.3 Å². The van der Waals surface area contributed by atoms with Crippen LogP contribution in [-0.4, -0.2) is 48.5 Å². The minimum atomic E-state index is -0.399. The summed E-state index contributed by atoms with van der Waals surface area (Å²) < 4.78 is 9.84. The third kappa shape index (κ3) is 9.36. The molecule has 0 saturated carbocycles. The second-order valence-corrected chi connectivity index (χ2v) is 8.03. The number of esters is 2. The predicted molar refractivity (Wildman–Crippen MR) is 129 cm³/mol. The number of nitrogens with one attached hydrogen (secondary N) is 2. The number of rotatable bonds is 12. The molecule has 33 heavy (non-hydrogen) atoms. The maximum atomic E-state index is 12.1. The molecule has 0 atom stereocenters. The molecule has 2 aromatic rings. The average Bonchev–Trinajstić information content (AvgIpc) is 2.80. The normalized spacial score (nSPS) is 10.2. The molecule has 0 aromatic heterocycles. The van der Waals surface area contributed by atoms with Gasteiger partial charge in [0.15, 0.2) is 0 Å². The Morgan fingerprint density at radius 2 is 1.03 bits per heavy atom. The van der Waals surface area contributed by atoms with Crippen molar-refractivity contribution >= 4 is 46.9 Å². The molecule has 0 unspecified atom stereocenters. The molecule has 0 aliphatic heterocycles. The van der Waals surface area contributed by atoms with Crippen molar-refractivity contribution < 1.29 is 28.7 Å². The Morgan fingerprint density at radius 1 is 0.667 bits per heavy atom. The summed E-state index contributed by atoms with van der Waals surface area (Å²) in [6.45, 7) is 4.09. The Balaban J connectivity index is 1.62. The van der Waals surface area contributed by atoms with Crippen LogP contribution in [0.5, 0.6) is 0 Å². The Morgan fingerprint density at radius 3 is 1.36 bits per heavy atom. The first-order valence-electron chi connectivity index (χ1n) is 10.6. The summed E-state index contributed by atoms with van der Waals surface area (Å²) in [5, 5.41) is 5.55. The molecule has 0 bridgehead atoms. The number of hydrogen-bond acceptors (Lipinski definition) is 7. The summed E-state index contributed by atoms with van der Waals surface area (Å²) in [5.41, 5.74) is 2.06. The molecule has 2 amide bonds. The van der Waals surface area contributed by atoms with E-state index in [2.05, 4.69) is 10.6 Å². The lowest BCUT2D eigenvalue weighted by Gasteiger charge is -2.07. The van der Waals surface area contributed by atoms with E-state index in [1.807, 2.05) is 0 Å². The average molecular weight is 473 g/mol. The molecule has 0 saturated heterocycles. The predicted octanol–water partition coefficient (Wildman–Crippen LogP) is 4.13. The van der Waals surface area contributed by atoms with Crippen LogP contribution in [0.25, 0.3) is 0 Å². The summed E-state index contributed by atoms with van der Waals surface area (Å²) in [7, 11) is 0. The zero-order valence-electron chi connectivity index (χ0n) is 18.7. The first-order valence-corrected chi connectivity index (χ1v) is 11.8. The fourth-order valence-electron chi connectivity index (χ4n) is 2.69. The van der Waals surface area contributed by atoms with Crippen molar-refractivity contribution in [3.8, 4) is 0 Å². The zero-order valence-corrected chi connectivity index (χ0v) is 19.5. The number of amides is 2. The Bertz CT molecular complexity index is 867. The van der Waals surface area contributed by atoms with Crippen molar-refractivity contribution in [2.75, 3.05) is 35.4 Å². The van der Waals surface area contributed by atoms with Crippen LogP contribution in [0.2, 0.25) is 0 Å². The fourth-order valence-corrected chi connectivity index (χ4v) is 3.55. The highest BCUT2D eigenvalue weighted by Gasteiger charge is 2.09. The monoisotopic (exact) mass is 472 g/mol. The van der Waals surface area contributed by atoms with Crippen LogP contribution in [-0.2, 0) is 19.1 Å². The lowest BCUT2D eigenvalue weighted by atomic mass is 10.2. The molecule has 9 heteroatoms. The first-order chi connectivity index (χ1) is 15.9. The van der Waals surface area contributed by atoms with Gasteiger partial charge in [-0.3, -0.25) is 9.59 Å². The van der Waals surface area contributed by atoms with E-state index < -0.39 is 11.9 Å². The molecule has 0 fully saturated rings. The highest BCUT2D eigenvalue weighted by molar-refractivity contribution is 7.99. The summed E-state index contributed by atoms with van der Waals surface area (Å²) in [5.74, 6) is 0.0757.